The summed E-state index contributed by atoms with van der Waals surface area (Å²) >= 11 is 0. The number of aromatic amines is 1. The number of fused-ring (bicyclic) bond motifs is 1. The first kappa shape index (κ1) is 13.4. The highest BCUT2D eigenvalue weighted by Crippen LogP contribution is 2.22. The Labute approximate surface area is 133 Å². The normalized spacial score (nSPS) is 11.3. The summed E-state index contributed by atoms with van der Waals surface area (Å²) in [6.07, 6.45) is 5.34. The van der Waals surface area contributed by atoms with E-state index >= 15 is 0 Å². The Morgan fingerprint density at radius 3 is 2.43 bits per heavy atom. The highest BCUT2D eigenvalue weighted by Gasteiger charge is 2.04. The molecule has 0 atom stereocenters. The summed E-state index contributed by atoms with van der Waals surface area (Å²) in [5.74, 6) is 0.871. The molecule has 0 unspecified atom stereocenters. The maximum atomic E-state index is 4.61. The van der Waals surface area contributed by atoms with E-state index in [0.717, 1.165) is 33.7 Å². The molecular formula is C19H14N4. The molecule has 0 aliphatic rings. The van der Waals surface area contributed by atoms with Crippen LogP contribution in [0, 0.1) is 0 Å². The number of nitrogens with one attached hydrogen (secondary N) is 1. The molecule has 0 spiro atoms. The molecule has 4 rings (SSSR count). The summed E-state index contributed by atoms with van der Waals surface area (Å²) in [6, 6.07) is 19.9. The van der Waals surface area contributed by atoms with Gasteiger partial charge in [0.1, 0.15) is 5.82 Å². The Morgan fingerprint density at radius 1 is 0.870 bits per heavy atom. The number of aliphatic imine (C=N–C) groups is 1. The zero-order valence-electron chi connectivity index (χ0n) is 12.3. The van der Waals surface area contributed by atoms with Gasteiger partial charge in [0.05, 0.1) is 16.7 Å². The van der Waals surface area contributed by atoms with E-state index in [4.69, 9.17) is 0 Å². The van der Waals surface area contributed by atoms with E-state index in [1.54, 1.807) is 12.4 Å². The molecule has 0 amide bonds. The lowest BCUT2D eigenvalue weighted by Crippen LogP contribution is -1.81. The molecule has 2 aromatic carbocycles. The van der Waals surface area contributed by atoms with Crippen LogP contribution in [0.15, 0.2) is 78.0 Å². The predicted molar refractivity (Wildman–Crippen MR) is 93.0 cm³/mol. The van der Waals surface area contributed by atoms with Crippen molar-refractivity contribution in [2.75, 3.05) is 0 Å². The molecule has 0 fully saturated rings. The molecular weight excluding hydrogens is 284 g/mol. The number of hydrogen-bond donors (Lipinski definition) is 1. The van der Waals surface area contributed by atoms with Crippen LogP contribution in [0.25, 0.3) is 22.4 Å². The van der Waals surface area contributed by atoms with Crippen LogP contribution >= 0.6 is 0 Å². The first-order chi connectivity index (χ1) is 11.4. The fourth-order valence-electron chi connectivity index (χ4n) is 2.39. The number of imidazole rings is 1. The fourth-order valence-corrected chi connectivity index (χ4v) is 2.39. The van der Waals surface area contributed by atoms with E-state index in [1.807, 2.05) is 66.9 Å². The molecule has 0 radical (unpaired) electrons. The van der Waals surface area contributed by atoms with Gasteiger partial charge in [-0.2, -0.15) is 0 Å². The summed E-state index contributed by atoms with van der Waals surface area (Å²) in [4.78, 5) is 16.4. The quantitative estimate of drug-likeness (QED) is 0.571. The second-order valence-electron chi connectivity index (χ2n) is 5.19. The third-order valence-corrected chi connectivity index (χ3v) is 3.60. The summed E-state index contributed by atoms with van der Waals surface area (Å²) in [5, 5.41) is 0. The third kappa shape index (κ3) is 2.87. The Kier molecular flexibility index (Phi) is 3.41. The van der Waals surface area contributed by atoms with E-state index in [2.05, 4.69) is 19.9 Å². The number of pyridine rings is 1. The summed E-state index contributed by atoms with van der Waals surface area (Å²) < 4.78 is 0. The molecule has 4 aromatic rings. The average molecular weight is 298 g/mol. The highest BCUT2D eigenvalue weighted by molar-refractivity contribution is 5.82. The molecule has 23 heavy (non-hydrogen) atoms. The largest absolute Gasteiger partial charge is 0.338 e. The van der Waals surface area contributed by atoms with E-state index in [-0.39, 0.29) is 0 Å². The molecule has 0 saturated heterocycles. The zero-order chi connectivity index (χ0) is 15.5. The number of para-hydroxylation sites is 2. The fraction of sp³-hybridized carbons (Fsp3) is 0. The number of hydrogen-bond acceptors (Lipinski definition) is 3. The first-order valence-electron chi connectivity index (χ1n) is 7.38. The molecule has 110 valence electrons. The Balaban J connectivity index is 1.59. The van der Waals surface area contributed by atoms with Gasteiger partial charge >= 0.3 is 0 Å². The van der Waals surface area contributed by atoms with Crippen LogP contribution in [0.1, 0.15) is 5.56 Å². The maximum absolute atomic E-state index is 4.61. The Morgan fingerprint density at radius 2 is 1.65 bits per heavy atom. The van der Waals surface area contributed by atoms with Crippen LogP contribution in [0.5, 0.6) is 0 Å². The molecule has 4 nitrogen and oxygen atoms in total. The van der Waals surface area contributed by atoms with Crippen molar-refractivity contribution in [3.05, 3.63) is 78.6 Å². The van der Waals surface area contributed by atoms with Gasteiger partial charge in [-0.1, -0.05) is 12.1 Å². The van der Waals surface area contributed by atoms with Crippen LogP contribution in [0.3, 0.4) is 0 Å². The minimum Gasteiger partial charge on any atom is -0.338 e. The van der Waals surface area contributed by atoms with Gasteiger partial charge in [-0.3, -0.25) is 9.98 Å². The number of nitrogens with zero attached hydrogens (tertiary/aromatic N) is 3. The molecule has 0 saturated carbocycles. The summed E-state index contributed by atoms with van der Waals surface area (Å²) in [6.45, 7) is 0. The van der Waals surface area contributed by atoms with Crippen molar-refractivity contribution in [1.82, 2.24) is 15.0 Å². The average Bonchev–Trinajstić information content (AvgIpc) is 3.05. The van der Waals surface area contributed by atoms with Crippen molar-refractivity contribution >= 4 is 22.9 Å². The first-order valence-corrected chi connectivity index (χ1v) is 7.38. The summed E-state index contributed by atoms with van der Waals surface area (Å²) in [5.41, 5.74) is 5.00. The lowest BCUT2D eigenvalue weighted by molar-refractivity contribution is 1.32. The van der Waals surface area contributed by atoms with Gasteiger partial charge in [0.25, 0.3) is 0 Å². The molecule has 1 N–H and O–H groups in total. The van der Waals surface area contributed by atoms with Crippen LogP contribution in [-0.2, 0) is 0 Å². The van der Waals surface area contributed by atoms with Crippen molar-refractivity contribution < 1.29 is 0 Å². The maximum Gasteiger partial charge on any atom is 0.138 e. The predicted octanol–water partition coefficient (Wildman–Crippen LogP) is 4.38. The lowest BCUT2D eigenvalue weighted by Gasteiger charge is -1.98. The van der Waals surface area contributed by atoms with E-state index in [9.17, 15) is 0 Å². The highest BCUT2D eigenvalue weighted by atomic mass is 14.9. The van der Waals surface area contributed by atoms with Gasteiger partial charge in [0.2, 0.25) is 0 Å². The zero-order valence-corrected chi connectivity index (χ0v) is 12.3. The van der Waals surface area contributed by atoms with E-state index in [0.29, 0.717) is 0 Å². The van der Waals surface area contributed by atoms with Crippen LogP contribution < -0.4 is 0 Å². The second-order valence-corrected chi connectivity index (χ2v) is 5.19. The van der Waals surface area contributed by atoms with Gasteiger partial charge < -0.3 is 4.98 Å². The number of H-pyrrole nitrogens is 1. The van der Waals surface area contributed by atoms with Gasteiger partial charge in [0.15, 0.2) is 0 Å². The summed E-state index contributed by atoms with van der Waals surface area (Å²) in [7, 11) is 0. The van der Waals surface area contributed by atoms with E-state index < -0.39 is 0 Å². The SMILES string of the molecule is C(=Nc1ccc(-c2nc3ccccc3[nH]2)cc1)c1ccncc1. The molecule has 0 bridgehead atoms. The topological polar surface area (TPSA) is 53.9 Å². The van der Waals surface area contributed by atoms with E-state index in [1.165, 1.54) is 0 Å². The van der Waals surface area contributed by atoms with Crippen molar-refractivity contribution in [3.63, 3.8) is 0 Å². The number of benzene rings is 2. The second kappa shape index (κ2) is 5.85. The lowest BCUT2D eigenvalue weighted by atomic mass is 10.2. The minimum atomic E-state index is 0.871. The molecule has 0 aliphatic carbocycles. The molecule has 2 heterocycles. The Hall–Kier alpha value is -3.27. The van der Waals surface area contributed by atoms with Crippen LogP contribution in [0.4, 0.5) is 5.69 Å². The monoisotopic (exact) mass is 298 g/mol. The molecule has 4 heteroatoms. The minimum absolute atomic E-state index is 0.871. The molecule has 0 aliphatic heterocycles. The smallest absolute Gasteiger partial charge is 0.138 e. The van der Waals surface area contributed by atoms with Gasteiger partial charge in [-0.15, -0.1) is 0 Å². The van der Waals surface area contributed by atoms with Gasteiger partial charge in [0, 0.05) is 24.2 Å². The van der Waals surface area contributed by atoms with Crippen molar-refractivity contribution in [3.8, 4) is 11.4 Å². The van der Waals surface area contributed by atoms with Gasteiger partial charge in [-0.25, -0.2) is 4.98 Å². The van der Waals surface area contributed by atoms with Crippen LogP contribution in [0.2, 0.25) is 0 Å². The number of rotatable bonds is 3. The Bertz CT molecular complexity index is 921. The van der Waals surface area contributed by atoms with Crippen molar-refractivity contribution in [2.45, 2.75) is 0 Å². The standard InChI is InChI=1S/C19H14N4/c1-2-4-18-17(3-1)22-19(23-18)15-5-7-16(8-6-15)21-13-14-9-11-20-12-10-14/h1-13H,(H,22,23). The van der Waals surface area contributed by atoms with Crippen molar-refractivity contribution in [1.29, 1.82) is 0 Å². The van der Waals surface area contributed by atoms with Gasteiger partial charge in [-0.05, 0) is 54.1 Å². The molecule has 2 aromatic heterocycles. The third-order valence-electron chi connectivity index (χ3n) is 3.60. The van der Waals surface area contributed by atoms with Crippen molar-refractivity contribution in [2.24, 2.45) is 4.99 Å². The van der Waals surface area contributed by atoms with Crippen LogP contribution in [-0.4, -0.2) is 21.2 Å². The number of aromatic nitrogens is 3.